The van der Waals surface area contributed by atoms with Crippen molar-refractivity contribution in [2.75, 3.05) is 11.9 Å². The molecule has 0 radical (unpaired) electrons. The third kappa shape index (κ3) is 4.35. The molecule has 6 heteroatoms. The first-order valence-corrected chi connectivity index (χ1v) is 8.80. The fraction of sp³-hybridized carbons (Fsp3) is 0.400. The Morgan fingerprint density at radius 1 is 1.29 bits per heavy atom. The number of hydrogen-bond donors (Lipinski definition) is 1. The number of anilines is 1. The molecule has 2 heterocycles. The smallest absolute Gasteiger partial charge is 0.180 e. The summed E-state index contributed by atoms with van der Waals surface area (Å²) in [6.45, 7) is 7.30. The zero-order valence-corrected chi connectivity index (χ0v) is 16.1. The van der Waals surface area contributed by atoms with Gasteiger partial charge in [-0.3, -0.25) is 4.98 Å². The number of halogens is 2. The third-order valence-electron chi connectivity index (χ3n) is 2.82. The lowest BCUT2D eigenvalue weighted by Crippen LogP contribution is -2.10. The predicted octanol–water partition coefficient (Wildman–Crippen LogP) is 4.54. The van der Waals surface area contributed by atoms with Crippen LogP contribution in [0.5, 0.6) is 0 Å². The van der Waals surface area contributed by atoms with Crippen molar-refractivity contribution in [3.8, 4) is 11.5 Å². The molecule has 0 aliphatic heterocycles. The van der Waals surface area contributed by atoms with E-state index in [0.717, 1.165) is 38.2 Å². The van der Waals surface area contributed by atoms with Gasteiger partial charge in [0.1, 0.15) is 11.5 Å². The summed E-state index contributed by atoms with van der Waals surface area (Å²) >= 11 is 5.72. The molecule has 0 amide bonds. The Hall–Kier alpha value is -0.760. The maximum absolute atomic E-state index is 4.72. The molecule has 0 saturated heterocycles. The molecule has 0 unspecified atom stereocenters. The maximum atomic E-state index is 4.72. The van der Waals surface area contributed by atoms with Crippen LogP contribution in [0.1, 0.15) is 26.5 Å². The lowest BCUT2D eigenvalue weighted by Gasteiger charge is -2.13. The Kier molecular flexibility index (Phi) is 5.92. The van der Waals surface area contributed by atoms with Crippen LogP contribution in [0.3, 0.4) is 0 Å². The van der Waals surface area contributed by atoms with E-state index in [1.165, 1.54) is 0 Å². The average molecular weight is 461 g/mol. The largest absolute Gasteiger partial charge is 0.369 e. The zero-order valence-electron chi connectivity index (χ0n) is 12.3. The topological polar surface area (TPSA) is 50.7 Å². The summed E-state index contributed by atoms with van der Waals surface area (Å²) in [6, 6.07) is 3.89. The Morgan fingerprint density at radius 3 is 2.62 bits per heavy atom. The number of nitrogens with zero attached hydrogens (tertiary/aromatic N) is 3. The molecule has 2 aromatic heterocycles. The minimum atomic E-state index is 0.550. The normalized spacial score (nSPS) is 11.0. The molecule has 0 aliphatic carbocycles. The number of aromatic nitrogens is 3. The van der Waals surface area contributed by atoms with Gasteiger partial charge >= 0.3 is 0 Å². The third-order valence-corrected chi connectivity index (χ3v) is 4.42. The Bertz CT molecular complexity index is 614. The van der Waals surface area contributed by atoms with Crippen LogP contribution in [0, 0.1) is 9.49 Å². The summed E-state index contributed by atoms with van der Waals surface area (Å²) in [7, 11) is 0. The van der Waals surface area contributed by atoms with E-state index in [4.69, 9.17) is 4.98 Å². The first kappa shape index (κ1) is 16.6. The van der Waals surface area contributed by atoms with E-state index in [2.05, 4.69) is 74.6 Å². The highest BCUT2D eigenvalue weighted by Gasteiger charge is 2.14. The van der Waals surface area contributed by atoms with Gasteiger partial charge in [-0.2, -0.15) is 0 Å². The molecule has 112 valence electrons. The predicted molar refractivity (Wildman–Crippen MR) is 98.4 cm³/mol. The van der Waals surface area contributed by atoms with E-state index < -0.39 is 0 Å². The van der Waals surface area contributed by atoms with Crippen LogP contribution in [-0.2, 0) is 6.42 Å². The fourth-order valence-corrected chi connectivity index (χ4v) is 2.81. The van der Waals surface area contributed by atoms with Crippen molar-refractivity contribution in [2.24, 2.45) is 5.92 Å². The quantitative estimate of drug-likeness (QED) is 0.665. The highest BCUT2D eigenvalue weighted by atomic mass is 127. The second-order valence-corrected chi connectivity index (χ2v) is 7.14. The van der Waals surface area contributed by atoms with Gasteiger partial charge in [-0.1, -0.05) is 13.8 Å². The first-order valence-electron chi connectivity index (χ1n) is 6.93. The second-order valence-electron chi connectivity index (χ2n) is 5.15. The van der Waals surface area contributed by atoms with Crippen molar-refractivity contribution in [3.05, 3.63) is 32.1 Å². The van der Waals surface area contributed by atoms with Crippen molar-refractivity contribution in [3.63, 3.8) is 0 Å². The second kappa shape index (κ2) is 7.49. The van der Waals surface area contributed by atoms with Crippen LogP contribution in [0.4, 0.5) is 5.82 Å². The van der Waals surface area contributed by atoms with Gasteiger partial charge in [-0.15, -0.1) is 0 Å². The molecular formula is C15H18BrIN4. The lowest BCUT2D eigenvalue weighted by molar-refractivity contribution is 0.632. The number of pyridine rings is 1. The van der Waals surface area contributed by atoms with Crippen LogP contribution < -0.4 is 5.32 Å². The molecular weight excluding hydrogens is 443 g/mol. The van der Waals surface area contributed by atoms with Crippen LogP contribution in [0.15, 0.2) is 22.8 Å². The van der Waals surface area contributed by atoms with E-state index in [9.17, 15) is 0 Å². The van der Waals surface area contributed by atoms with Crippen molar-refractivity contribution >= 4 is 44.3 Å². The fourth-order valence-electron chi connectivity index (χ4n) is 1.92. The van der Waals surface area contributed by atoms with Crippen molar-refractivity contribution in [1.29, 1.82) is 0 Å². The van der Waals surface area contributed by atoms with Crippen molar-refractivity contribution in [2.45, 2.75) is 27.2 Å². The summed E-state index contributed by atoms with van der Waals surface area (Å²) in [5.74, 6) is 2.12. The Morgan fingerprint density at radius 2 is 2.05 bits per heavy atom. The zero-order chi connectivity index (χ0) is 15.4. The standard InChI is InChI=1S/C15H18BrIN4/c1-4-18-15-13(17)12(7-9(2)3)20-14(21-15)11-6-5-10(16)8-19-11/h5-6,8-9H,4,7H2,1-3H3,(H,18,20,21). The van der Waals surface area contributed by atoms with Gasteiger partial charge in [0, 0.05) is 17.2 Å². The van der Waals surface area contributed by atoms with E-state index in [0.29, 0.717) is 11.7 Å². The van der Waals surface area contributed by atoms with Crippen molar-refractivity contribution in [1.82, 2.24) is 15.0 Å². The molecule has 0 spiro atoms. The molecule has 21 heavy (non-hydrogen) atoms. The van der Waals surface area contributed by atoms with E-state index in [1.54, 1.807) is 6.20 Å². The van der Waals surface area contributed by atoms with Gasteiger partial charge in [0.2, 0.25) is 0 Å². The SMILES string of the molecule is CCNc1nc(-c2ccc(Br)cn2)nc(CC(C)C)c1I. The number of nitrogens with one attached hydrogen (secondary N) is 1. The minimum Gasteiger partial charge on any atom is -0.369 e. The molecule has 0 fully saturated rings. The van der Waals surface area contributed by atoms with Gasteiger partial charge < -0.3 is 5.32 Å². The molecule has 0 saturated carbocycles. The van der Waals surface area contributed by atoms with Crippen LogP contribution in [0.25, 0.3) is 11.5 Å². The molecule has 0 bridgehead atoms. The maximum Gasteiger partial charge on any atom is 0.180 e. The van der Waals surface area contributed by atoms with Gasteiger partial charge in [0.15, 0.2) is 5.82 Å². The molecule has 1 N–H and O–H groups in total. The monoisotopic (exact) mass is 460 g/mol. The molecule has 2 aromatic rings. The summed E-state index contributed by atoms with van der Waals surface area (Å²) in [5, 5.41) is 3.32. The Labute approximate surface area is 147 Å². The van der Waals surface area contributed by atoms with E-state index in [1.807, 2.05) is 12.1 Å². The van der Waals surface area contributed by atoms with E-state index >= 15 is 0 Å². The van der Waals surface area contributed by atoms with Crippen LogP contribution in [-0.4, -0.2) is 21.5 Å². The number of rotatable bonds is 5. The van der Waals surface area contributed by atoms with Crippen LogP contribution in [0.2, 0.25) is 0 Å². The van der Waals surface area contributed by atoms with Gasteiger partial charge in [0.25, 0.3) is 0 Å². The van der Waals surface area contributed by atoms with E-state index in [-0.39, 0.29) is 0 Å². The summed E-state index contributed by atoms with van der Waals surface area (Å²) < 4.78 is 2.05. The molecule has 0 aliphatic rings. The molecule has 4 nitrogen and oxygen atoms in total. The highest BCUT2D eigenvalue weighted by molar-refractivity contribution is 14.1. The first-order chi connectivity index (χ1) is 10.0. The average Bonchev–Trinajstić information content (AvgIpc) is 2.43. The van der Waals surface area contributed by atoms with Crippen molar-refractivity contribution < 1.29 is 0 Å². The lowest BCUT2D eigenvalue weighted by atomic mass is 10.1. The summed E-state index contributed by atoms with van der Waals surface area (Å²) in [6.07, 6.45) is 2.70. The van der Waals surface area contributed by atoms with Gasteiger partial charge in [-0.05, 0) is 69.9 Å². The van der Waals surface area contributed by atoms with Crippen LogP contribution >= 0.6 is 38.5 Å². The van der Waals surface area contributed by atoms with Gasteiger partial charge in [-0.25, -0.2) is 9.97 Å². The summed E-state index contributed by atoms with van der Waals surface area (Å²) in [4.78, 5) is 13.7. The highest BCUT2D eigenvalue weighted by Crippen LogP contribution is 2.25. The Balaban J connectivity index is 2.49. The van der Waals surface area contributed by atoms with Gasteiger partial charge in [0.05, 0.1) is 9.26 Å². The summed E-state index contributed by atoms with van der Waals surface area (Å²) in [5.41, 5.74) is 1.87. The number of hydrogen-bond acceptors (Lipinski definition) is 4. The molecule has 2 rings (SSSR count). The molecule has 0 aromatic carbocycles. The minimum absolute atomic E-state index is 0.550. The molecule has 0 atom stereocenters.